The molecule has 0 radical (unpaired) electrons. The number of nitrogens with zero attached hydrogens (tertiary/aromatic N) is 1. The number of benzene rings is 1. The van der Waals surface area contributed by atoms with E-state index in [1.54, 1.807) is 11.3 Å². The molecule has 17 heavy (non-hydrogen) atoms. The van der Waals surface area contributed by atoms with Gasteiger partial charge < -0.3 is 5.32 Å². The molecule has 2 nitrogen and oxygen atoms in total. The number of hydrogen-bond acceptors (Lipinski definition) is 4. The van der Waals surface area contributed by atoms with Crippen molar-refractivity contribution in [2.45, 2.75) is 24.1 Å². The van der Waals surface area contributed by atoms with Gasteiger partial charge in [0.2, 0.25) is 0 Å². The van der Waals surface area contributed by atoms with Gasteiger partial charge in [0.1, 0.15) is 5.01 Å². The van der Waals surface area contributed by atoms with Crippen LogP contribution >= 0.6 is 23.1 Å². The van der Waals surface area contributed by atoms with E-state index >= 15 is 0 Å². The van der Waals surface area contributed by atoms with Gasteiger partial charge in [0.25, 0.3) is 0 Å². The number of nitrogens with one attached hydrogen (secondary N) is 1. The predicted octanol–water partition coefficient (Wildman–Crippen LogP) is 3.54. The summed E-state index contributed by atoms with van der Waals surface area (Å²) < 4.78 is 0. The van der Waals surface area contributed by atoms with E-state index in [2.05, 4.69) is 41.5 Å². The van der Waals surface area contributed by atoms with E-state index < -0.39 is 0 Å². The van der Waals surface area contributed by atoms with Gasteiger partial charge in [-0.2, -0.15) is 0 Å². The standard InChI is InChI=1S/C13H16N2S2/c1-2-14-8-12-9-15-13(17-12)10-16-11-6-4-3-5-7-11/h3-7,9,14H,2,8,10H2,1H3. The third-order valence-electron chi connectivity index (χ3n) is 2.26. The molecule has 90 valence electrons. The summed E-state index contributed by atoms with van der Waals surface area (Å²) >= 11 is 3.64. The van der Waals surface area contributed by atoms with Crippen molar-refractivity contribution in [1.29, 1.82) is 0 Å². The van der Waals surface area contributed by atoms with Crippen molar-refractivity contribution in [2.75, 3.05) is 6.54 Å². The second-order valence-electron chi connectivity index (χ2n) is 3.60. The second kappa shape index (κ2) is 6.79. The van der Waals surface area contributed by atoms with Crippen LogP contribution in [0.1, 0.15) is 16.8 Å². The summed E-state index contributed by atoms with van der Waals surface area (Å²) in [6.45, 7) is 4.06. The summed E-state index contributed by atoms with van der Waals surface area (Å²) in [6.07, 6.45) is 1.98. The van der Waals surface area contributed by atoms with Gasteiger partial charge in [-0.1, -0.05) is 25.1 Å². The molecule has 0 fully saturated rings. The Labute approximate surface area is 110 Å². The zero-order chi connectivity index (χ0) is 11.9. The number of aromatic nitrogens is 1. The molecule has 1 aromatic heterocycles. The van der Waals surface area contributed by atoms with E-state index in [0.29, 0.717) is 0 Å². The van der Waals surface area contributed by atoms with E-state index in [0.717, 1.165) is 18.8 Å². The highest BCUT2D eigenvalue weighted by atomic mass is 32.2. The van der Waals surface area contributed by atoms with Crippen LogP contribution in [-0.4, -0.2) is 11.5 Å². The molecule has 0 saturated carbocycles. The molecule has 0 aliphatic rings. The van der Waals surface area contributed by atoms with Crippen LogP contribution in [-0.2, 0) is 12.3 Å². The molecule has 0 saturated heterocycles. The summed E-state index contributed by atoms with van der Waals surface area (Å²) in [5, 5.41) is 4.52. The minimum atomic E-state index is 0.935. The Morgan fingerprint density at radius 2 is 2.12 bits per heavy atom. The van der Waals surface area contributed by atoms with Crippen LogP contribution in [0.25, 0.3) is 0 Å². The lowest BCUT2D eigenvalue weighted by atomic mass is 10.4. The summed E-state index contributed by atoms with van der Waals surface area (Å²) in [5.74, 6) is 0.959. The molecule has 0 aliphatic heterocycles. The van der Waals surface area contributed by atoms with Crippen molar-refractivity contribution in [3.63, 3.8) is 0 Å². The third-order valence-corrected chi connectivity index (χ3v) is 4.46. The van der Waals surface area contributed by atoms with Crippen molar-refractivity contribution >= 4 is 23.1 Å². The fraction of sp³-hybridized carbons (Fsp3) is 0.308. The van der Waals surface area contributed by atoms with Crippen LogP contribution in [0.15, 0.2) is 41.4 Å². The van der Waals surface area contributed by atoms with Gasteiger partial charge in [-0.25, -0.2) is 4.98 Å². The quantitative estimate of drug-likeness (QED) is 0.808. The summed E-state index contributed by atoms with van der Waals surface area (Å²) in [6, 6.07) is 10.5. The van der Waals surface area contributed by atoms with Crippen molar-refractivity contribution in [2.24, 2.45) is 0 Å². The maximum Gasteiger partial charge on any atom is 0.103 e. The highest BCUT2D eigenvalue weighted by Gasteiger charge is 2.02. The van der Waals surface area contributed by atoms with Gasteiger partial charge in [-0.05, 0) is 18.7 Å². The van der Waals surface area contributed by atoms with E-state index in [1.165, 1.54) is 14.8 Å². The van der Waals surface area contributed by atoms with Crippen LogP contribution in [0.5, 0.6) is 0 Å². The van der Waals surface area contributed by atoms with Gasteiger partial charge in [0, 0.05) is 22.5 Å². The Morgan fingerprint density at radius 3 is 2.88 bits per heavy atom. The van der Waals surface area contributed by atoms with Crippen LogP contribution in [0.2, 0.25) is 0 Å². The molecule has 0 spiro atoms. The fourth-order valence-corrected chi connectivity index (χ4v) is 3.22. The van der Waals surface area contributed by atoms with E-state index in [-0.39, 0.29) is 0 Å². The Bertz CT molecular complexity index is 440. The molecule has 1 aromatic carbocycles. The molecule has 0 amide bonds. The summed E-state index contributed by atoms with van der Waals surface area (Å²) in [5.41, 5.74) is 0. The number of hydrogen-bond donors (Lipinski definition) is 1. The first-order chi connectivity index (χ1) is 8.38. The monoisotopic (exact) mass is 264 g/mol. The number of thiazole rings is 1. The molecule has 1 N–H and O–H groups in total. The number of rotatable bonds is 6. The lowest BCUT2D eigenvalue weighted by Gasteiger charge is -1.98. The van der Waals surface area contributed by atoms with E-state index in [9.17, 15) is 0 Å². The Morgan fingerprint density at radius 1 is 1.29 bits per heavy atom. The van der Waals surface area contributed by atoms with Crippen LogP contribution in [0.4, 0.5) is 0 Å². The molecular weight excluding hydrogens is 248 g/mol. The second-order valence-corrected chi connectivity index (χ2v) is 5.85. The van der Waals surface area contributed by atoms with Gasteiger partial charge in [-0.3, -0.25) is 0 Å². The molecule has 1 heterocycles. The third kappa shape index (κ3) is 4.15. The average molecular weight is 264 g/mol. The predicted molar refractivity (Wildman–Crippen MR) is 75.5 cm³/mol. The number of thioether (sulfide) groups is 1. The maximum atomic E-state index is 4.44. The Balaban J connectivity index is 1.85. The van der Waals surface area contributed by atoms with Gasteiger partial charge in [-0.15, -0.1) is 23.1 Å². The first-order valence-electron chi connectivity index (χ1n) is 5.70. The van der Waals surface area contributed by atoms with Crippen LogP contribution in [0, 0.1) is 0 Å². The SMILES string of the molecule is CCNCc1cnc(CSc2ccccc2)s1. The highest BCUT2D eigenvalue weighted by molar-refractivity contribution is 7.98. The van der Waals surface area contributed by atoms with Crippen LogP contribution in [0.3, 0.4) is 0 Å². The lowest BCUT2D eigenvalue weighted by molar-refractivity contribution is 0.734. The molecule has 0 atom stereocenters. The highest BCUT2D eigenvalue weighted by Crippen LogP contribution is 2.24. The molecule has 0 unspecified atom stereocenters. The Hall–Kier alpha value is -0.840. The topological polar surface area (TPSA) is 24.9 Å². The molecule has 0 aliphatic carbocycles. The van der Waals surface area contributed by atoms with Gasteiger partial charge in [0.15, 0.2) is 0 Å². The largest absolute Gasteiger partial charge is 0.312 e. The minimum absolute atomic E-state index is 0.935. The molecular formula is C13H16N2S2. The summed E-state index contributed by atoms with van der Waals surface area (Å²) in [4.78, 5) is 7.06. The van der Waals surface area contributed by atoms with Crippen molar-refractivity contribution < 1.29 is 0 Å². The first-order valence-corrected chi connectivity index (χ1v) is 7.51. The Kier molecular flexibility index (Phi) is 5.04. The maximum absolute atomic E-state index is 4.44. The zero-order valence-electron chi connectivity index (χ0n) is 9.85. The smallest absolute Gasteiger partial charge is 0.103 e. The zero-order valence-corrected chi connectivity index (χ0v) is 11.5. The van der Waals surface area contributed by atoms with Crippen LogP contribution < -0.4 is 5.32 Å². The minimum Gasteiger partial charge on any atom is -0.312 e. The molecule has 4 heteroatoms. The fourth-order valence-electron chi connectivity index (χ4n) is 1.41. The normalized spacial score (nSPS) is 10.6. The van der Waals surface area contributed by atoms with Gasteiger partial charge in [0.05, 0.1) is 5.75 Å². The van der Waals surface area contributed by atoms with Crippen molar-refractivity contribution in [3.8, 4) is 0 Å². The average Bonchev–Trinajstić information content (AvgIpc) is 2.83. The summed E-state index contributed by atoms with van der Waals surface area (Å²) in [7, 11) is 0. The molecule has 2 aromatic rings. The van der Waals surface area contributed by atoms with E-state index in [4.69, 9.17) is 0 Å². The molecule has 2 rings (SSSR count). The first kappa shape index (κ1) is 12.6. The van der Waals surface area contributed by atoms with Crippen molar-refractivity contribution in [3.05, 3.63) is 46.4 Å². The molecule has 0 bridgehead atoms. The van der Waals surface area contributed by atoms with Crippen molar-refractivity contribution in [1.82, 2.24) is 10.3 Å². The van der Waals surface area contributed by atoms with Gasteiger partial charge >= 0.3 is 0 Å². The van der Waals surface area contributed by atoms with E-state index in [1.807, 2.05) is 24.0 Å². The lowest BCUT2D eigenvalue weighted by Crippen LogP contribution is -2.10.